The van der Waals surface area contributed by atoms with E-state index in [1.54, 1.807) is 17.0 Å². The summed E-state index contributed by atoms with van der Waals surface area (Å²) in [6.45, 7) is 4.09. The van der Waals surface area contributed by atoms with Gasteiger partial charge < -0.3 is 15.1 Å². The summed E-state index contributed by atoms with van der Waals surface area (Å²) in [6.07, 6.45) is 6.09. The highest BCUT2D eigenvalue weighted by atomic mass is 35.5. The highest BCUT2D eigenvalue weighted by Gasteiger charge is 2.30. The number of nitriles is 1. The van der Waals surface area contributed by atoms with Crippen molar-refractivity contribution in [2.45, 2.75) is 45.1 Å². The molecule has 1 aromatic rings. The molecule has 3 rings (SSSR count). The van der Waals surface area contributed by atoms with E-state index in [-0.39, 0.29) is 24.3 Å². The number of aliphatic imine (C=N–C) groups is 1. The maximum absolute atomic E-state index is 13.1. The minimum Gasteiger partial charge on any atom is -0.341 e. The summed E-state index contributed by atoms with van der Waals surface area (Å²) in [5.74, 6) is -0.0335. The van der Waals surface area contributed by atoms with Crippen LogP contribution in [0.25, 0.3) is 0 Å². The Morgan fingerprint density at radius 2 is 2.00 bits per heavy atom. The average molecular weight is 431 g/mol. The Kier molecular flexibility index (Phi) is 7.52. The number of nitrogens with one attached hydrogen (secondary N) is 2. The molecule has 0 spiro atoms. The van der Waals surface area contributed by atoms with Crippen molar-refractivity contribution in [2.75, 3.05) is 31.5 Å². The third-order valence-electron chi connectivity index (χ3n) is 5.37. The van der Waals surface area contributed by atoms with Gasteiger partial charge in [-0.3, -0.25) is 14.9 Å². The normalized spacial score (nSPS) is 20.0. The van der Waals surface area contributed by atoms with Crippen LogP contribution in [0.2, 0.25) is 5.02 Å². The topological polar surface area (TPSA) is 101 Å². The van der Waals surface area contributed by atoms with Gasteiger partial charge in [-0.1, -0.05) is 17.7 Å². The Bertz CT molecular complexity index is 860. The van der Waals surface area contributed by atoms with Gasteiger partial charge in [0.2, 0.25) is 17.8 Å². The van der Waals surface area contributed by atoms with Gasteiger partial charge in [-0.2, -0.15) is 5.26 Å². The molecule has 9 heteroatoms. The standard InChI is InChI=1S/C21H27ClN6O2/c1-15-7-8-17(16(22)12-15)25-21(24-14-23)26-18-6-2-3-11-28(20(18)30)13-19(29)27-9-4-5-10-27/h7-8,12,18H,2-6,9-11,13H2,1H3,(H2,24,25,26). The molecule has 2 aliphatic rings. The zero-order chi connectivity index (χ0) is 21.5. The van der Waals surface area contributed by atoms with Crippen molar-refractivity contribution in [3.05, 3.63) is 28.8 Å². The molecule has 8 nitrogen and oxygen atoms in total. The Morgan fingerprint density at radius 1 is 1.27 bits per heavy atom. The molecule has 0 aliphatic carbocycles. The fourth-order valence-electron chi connectivity index (χ4n) is 3.74. The van der Waals surface area contributed by atoms with Crippen LogP contribution in [0.4, 0.5) is 5.69 Å². The number of hydrogen-bond acceptors (Lipinski definition) is 4. The van der Waals surface area contributed by atoms with Crippen LogP contribution in [0, 0.1) is 18.4 Å². The van der Waals surface area contributed by atoms with Gasteiger partial charge in [-0.05, 0) is 56.7 Å². The Morgan fingerprint density at radius 3 is 2.70 bits per heavy atom. The van der Waals surface area contributed by atoms with Crippen molar-refractivity contribution in [3.63, 3.8) is 0 Å². The highest BCUT2D eigenvalue weighted by Crippen LogP contribution is 2.23. The fourth-order valence-corrected chi connectivity index (χ4v) is 4.03. The van der Waals surface area contributed by atoms with Gasteiger partial charge in [0, 0.05) is 19.6 Å². The first kappa shape index (κ1) is 21.9. The lowest BCUT2D eigenvalue weighted by molar-refractivity contribution is -0.140. The Labute approximate surface area is 181 Å². The monoisotopic (exact) mass is 430 g/mol. The Hall–Kier alpha value is -2.79. The van der Waals surface area contributed by atoms with Gasteiger partial charge in [0.05, 0.1) is 17.3 Å². The lowest BCUT2D eigenvalue weighted by Crippen LogP contribution is -2.45. The number of anilines is 1. The maximum atomic E-state index is 13.1. The van der Waals surface area contributed by atoms with Crippen LogP contribution in [0.5, 0.6) is 0 Å². The Balaban J connectivity index is 1.74. The van der Waals surface area contributed by atoms with Gasteiger partial charge in [0.1, 0.15) is 6.04 Å². The number of benzene rings is 1. The van der Waals surface area contributed by atoms with E-state index in [4.69, 9.17) is 16.9 Å². The second kappa shape index (κ2) is 10.3. The van der Waals surface area contributed by atoms with Gasteiger partial charge in [-0.25, -0.2) is 4.99 Å². The van der Waals surface area contributed by atoms with Gasteiger partial charge >= 0.3 is 0 Å². The molecular weight excluding hydrogens is 404 g/mol. The van der Waals surface area contributed by atoms with Gasteiger partial charge in [-0.15, -0.1) is 0 Å². The number of hydrogen-bond donors (Lipinski definition) is 2. The molecule has 2 aliphatic heterocycles. The number of likely N-dealkylation sites (tertiary alicyclic amines) is 2. The molecular formula is C21H27ClN6O2. The molecule has 1 atom stereocenters. The maximum Gasteiger partial charge on any atom is 0.247 e. The number of aryl methyl sites for hydroxylation is 1. The van der Waals surface area contributed by atoms with Crippen molar-refractivity contribution in [1.29, 1.82) is 5.26 Å². The molecule has 0 saturated carbocycles. The predicted molar refractivity (Wildman–Crippen MR) is 116 cm³/mol. The molecule has 2 N–H and O–H groups in total. The summed E-state index contributed by atoms with van der Waals surface area (Å²) < 4.78 is 0. The van der Waals surface area contributed by atoms with Crippen molar-refractivity contribution in [1.82, 2.24) is 15.1 Å². The molecule has 2 heterocycles. The summed E-state index contributed by atoms with van der Waals surface area (Å²) in [6, 6.07) is 4.82. The summed E-state index contributed by atoms with van der Waals surface area (Å²) >= 11 is 6.27. The van der Waals surface area contributed by atoms with E-state index in [0.717, 1.165) is 44.3 Å². The first-order chi connectivity index (χ1) is 14.5. The quantitative estimate of drug-likeness (QED) is 0.331. The highest BCUT2D eigenvalue weighted by molar-refractivity contribution is 6.33. The first-order valence-corrected chi connectivity index (χ1v) is 10.7. The molecule has 0 bridgehead atoms. The third kappa shape index (κ3) is 5.63. The van der Waals surface area contributed by atoms with Crippen LogP contribution in [0.1, 0.15) is 37.7 Å². The van der Waals surface area contributed by atoms with Crippen molar-refractivity contribution in [2.24, 2.45) is 4.99 Å². The summed E-state index contributed by atoms with van der Waals surface area (Å²) in [7, 11) is 0. The molecule has 1 aromatic carbocycles. The van der Waals surface area contributed by atoms with Crippen LogP contribution in [0.3, 0.4) is 0 Å². The lowest BCUT2D eigenvalue weighted by atomic mass is 10.1. The second-order valence-electron chi connectivity index (χ2n) is 7.68. The first-order valence-electron chi connectivity index (χ1n) is 10.3. The zero-order valence-corrected chi connectivity index (χ0v) is 17.9. The van der Waals surface area contributed by atoms with Crippen LogP contribution in [-0.4, -0.2) is 59.8 Å². The predicted octanol–water partition coefficient (Wildman–Crippen LogP) is 2.49. The van der Waals surface area contributed by atoms with Crippen LogP contribution in [0.15, 0.2) is 23.2 Å². The number of amides is 2. The fraction of sp³-hybridized carbons (Fsp3) is 0.524. The lowest BCUT2D eigenvalue weighted by Gasteiger charge is -2.25. The number of carbonyl (C=O) groups excluding carboxylic acids is 2. The molecule has 2 saturated heterocycles. The van der Waals surface area contributed by atoms with E-state index in [2.05, 4.69) is 15.6 Å². The minimum absolute atomic E-state index is 0.00887. The van der Waals surface area contributed by atoms with Crippen LogP contribution < -0.4 is 10.6 Å². The number of guanidine groups is 1. The molecule has 0 aromatic heterocycles. The van der Waals surface area contributed by atoms with Crippen molar-refractivity contribution < 1.29 is 9.59 Å². The van der Waals surface area contributed by atoms with E-state index in [1.807, 2.05) is 24.1 Å². The largest absolute Gasteiger partial charge is 0.341 e. The van der Waals surface area contributed by atoms with Crippen molar-refractivity contribution >= 4 is 35.1 Å². The molecule has 2 fully saturated rings. The van der Waals surface area contributed by atoms with E-state index in [0.29, 0.717) is 23.7 Å². The molecule has 0 radical (unpaired) electrons. The summed E-state index contributed by atoms with van der Waals surface area (Å²) in [5.41, 5.74) is 1.60. The van der Waals surface area contributed by atoms with Gasteiger partial charge in [0.25, 0.3) is 0 Å². The van der Waals surface area contributed by atoms with E-state index in [1.165, 1.54) is 0 Å². The number of halogens is 1. The third-order valence-corrected chi connectivity index (χ3v) is 5.69. The minimum atomic E-state index is -0.661. The van der Waals surface area contributed by atoms with Crippen molar-refractivity contribution in [3.8, 4) is 6.19 Å². The van der Waals surface area contributed by atoms with E-state index >= 15 is 0 Å². The molecule has 2 amide bonds. The SMILES string of the molecule is Cc1ccc(NC(=NC2CCCCN(CC(=O)N3CCCC3)C2=O)NC#N)c(Cl)c1. The van der Waals surface area contributed by atoms with E-state index in [9.17, 15) is 9.59 Å². The van der Waals surface area contributed by atoms with Crippen LogP contribution >= 0.6 is 11.6 Å². The number of carbonyl (C=O) groups is 2. The number of rotatable bonds is 4. The molecule has 160 valence electrons. The smallest absolute Gasteiger partial charge is 0.247 e. The van der Waals surface area contributed by atoms with Crippen LogP contribution in [-0.2, 0) is 9.59 Å². The molecule has 1 unspecified atom stereocenters. The summed E-state index contributed by atoms with van der Waals surface area (Å²) in [5, 5.41) is 15.1. The number of nitrogens with zero attached hydrogens (tertiary/aromatic N) is 4. The molecule has 30 heavy (non-hydrogen) atoms. The van der Waals surface area contributed by atoms with Gasteiger partial charge in [0.15, 0.2) is 6.19 Å². The second-order valence-corrected chi connectivity index (χ2v) is 8.09. The van der Waals surface area contributed by atoms with E-state index < -0.39 is 6.04 Å². The zero-order valence-electron chi connectivity index (χ0n) is 17.2. The average Bonchev–Trinajstić information content (AvgIpc) is 3.20. The summed E-state index contributed by atoms with van der Waals surface area (Å²) in [4.78, 5) is 33.5.